The third kappa shape index (κ3) is 4.64. The van der Waals surface area contributed by atoms with Crippen molar-refractivity contribution in [3.05, 3.63) is 76.3 Å². The van der Waals surface area contributed by atoms with E-state index >= 15 is 0 Å². The number of aryl methyl sites for hydroxylation is 1. The molecule has 1 saturated heterocycles. The fourth-order valence-corrected chi connectivity index (χ4v) is 3.89. The van der Waals surface area contributed by atoms with Crippen LogP contribution in [-0.4, -0.2) is 35.9 Å². The summed E-state index contributed by atoms with van der Waals surface area (Å²) in [6, 6.07) is 14.5. The summed E-state index contributed by atoms with van der Waals surface area (Å²) in [5.41, 5.74) is 1.75. The predicted octanol–water partition coefficient (Wildman–Crippen LogP) is 3.54. The first kappa shape index (κ1) is 21.5. The van der Waals surface area contributed by atoms with Crippen LogP contribution in [0.5, 0.6) is 5.75 Å². The lowest BCUT2D eigenvalue weighted by atomic mass is 9.95. The van der Waals surface area contributed by atoms with Gasteiger partial charge in [0.1, 0.15) is 17.4 Å². The Hall–Kier alpha value is -3.68. The maximum atomic E-state index is 13.6. The van der Waals surface area contributed by atoms with E-state index in [1.165, 1.54) is 22.9 Å². The van der Waals surface area contributed by atoms with Crippen LogP contribution in [0.25, 0.3) is 5.69 Å². The van der Waals surface area contributed by atoms with Gasteiger partial charge in [-0.25, -0.2) is 4.39 Å². The van der Waals surface area contributed by atoms with E-state index in [0.717, 1.165) is 5.56 Å². The molecule has 1 fully saturated rings. The van der Waals surface area contributed by atoms with Crippen LogP contribution in [0.15, 0.2) is 59.4 Å². The number of carbonyl (C=O) groups is 1. The smallest absolute Gasteiger partial charge is 0.271 e. The van der Waals surface area contributed by atoms with Gasteiger partial charge in [0.15, 0.2) is 0 Å². The van der Waals surface area contributed by atoms with E-state index in [1.807, 2.05) is 30.0 Å². The van der Waals surface area contributed by atoms with Crippen molar-refractivity contribution in [3.8, 4) is 11.4 Å². The molecule has 0 spiro atoms. The first-order chi connectivity index (χ1) is 15.4. The second-order valence-electron chi connectivity index (χ2n) is 7.88. The van der Waals surface area contributed by atoms with Crippen LogP contribution in [0.4, 0.5) is 15.9 Å². The second-order valence-corrected chi connectivity index (χ2v) is 7.88. The topological polar surface area (TPSA) is 76.5 Å². The minimum absolute atomic E-state index is 0.0359. The Labute approximate surface area is 185 Å². The maximum Gasteiger partial charge on any atom is 0.271 e. The van der Waals surface area contributed by atoms with Crippen molar-refractivity contribution in [1.82, 2.24) is 9.78 Å². The summed E-state index contributed by atoms with van der Waals surface area (Å²) < 4.78 is 20.1. The molecule has 1 amide bonds. The SMILES string of the molecule is COc1ccc(C)cc1NC(=O)C1CCN(c2ccc(=O)n(-c3cccc(F)c3)n2)CC1. The number of hydrogen-bond acceptors (Lipinski definition) is 5. The van der Waals surface area contributed by atoms with E-state index in [1.54, 1.807) is 25.3 Å². The standard InChI is InChI=1S/C24H25FN4O3/c1-16-6-7-21(32-2)20(14-16)26-24(31)17-10-12-28(13-11-17)22-8-9-23(30)29(27-22)19-5-3-4-18(25)15-19/h3-9,14-15,17H,10-13H2,1-2H3,(H,26,31). The molecule has 0 aliphatic carbocycles. The summed E-state index contributed by atoms with van der Waals surface area (Å²) in [7, 11) is 1.58. The Kier molecular flexibility index (Phi) is 6.20. The van der Waals surface area contributed by atoms with E-state index in [9.17, 15) is 14.0 Å². The zero-order chi connectivity index (χ0) is 22.7. The Balaban J connectivity index is 1.44. The summed E-state index contributed by atoms with van der Waals surface area (Å²) in [5.74, 6) is 0.647. The van der Waals surface area contributed by atoms with E-state index in [4.69, 9.17) is 4.74 Å². The van der Waals surface area contributed by atoms with Crippen molar-refractivity contribution in [2.45, 2.75) is 19.8 Å². The van der Waals surface area contributed by atoms with Crippen LogP contribution in [0.2, 0.25) is 0 Å². The highest BCUT2D eigenvalue weighted by Crippen LogP contribution is 2.28. The summed E-state index contributed by atoms with van der Waals surface area (Å²) in [6.45, 7) is 3.21. The number of nitrogens with one attached hydrogen (secondary N) is 1. The molecule has 166 valence electrons. The molecule has 1 aromatic heterocycles. The molecule has 0 unspecified atom stereocenters. The Bertz CT molecular complexity index is 1190. The monoisotopic (exact) mass is 436 g/mol. The molecule has 8 heteroatoms. The number of piperidine rings is 1. The molecule has 1 aliphatic rings. The molecule has 0 radical (unpaired) electrons. The fourth-order valence-electron chi connectivity index (χ4n) is 3.89. The number of hydrogen-bond donors (Lipinski definition) is 1. The number of aromatic nitrogens is 2. The molecule has 1 aliphatic heterocycles. The van der Waals surface area contributed by atoms with Crippen LogP contribution in [0, 0.1) is 18.7 Å². The van der Waals surface area contributed by atoms with Gasteiger partial charge in [0.2, 0.25) is 5.91 Å². The number of rotatable bonds is 5. The van der Waals surface area contributed by atoms with Crippen LogP contribution in [0.1, 0.15) is 18.4 Å². The highest BCUT2D eigenvalue weighted by Gasteiger charge is 2.26. The highest BCUT2D eigenvalue weighted by atomic mass is 19.1. The van der Waals surface area contributed by atoms with Crippen LogP contribution >= 0.6 is 0 Å². The summed E-state index contributed by atoms with van der Waals surface area (Å²) >= 11 is 0. The lowest BCUT2D eigenvalue weighted by molar-refractivity contribution is -0.120. The molecule has 0 atom stereocenters. The molecular weight excluding hydrogens is 411 g/mol. The van der Waals surface area contributed by atoms with Crippen LogP contribution in [0.3, 0.4) is 0 Å². The van der Waals surface area contributed by atoms with Gasteiger partial charge < -0.3 is 15.0 Å². The van der Waals surface area contributed by atoms with Gasteiger partial charge in [-0.15, -0.1) is 5.10 Å². The number of anilines is 2. The predicted molar refractivity (Wildman–Crippen MR) is 121 cm³/mol. The number of halogens is 1. The Morgan fingerprint density at radius 2 is 1.91 bits per heavy atom. The average molecular weight is 436 g/mol. The number of ether oxygens (including phenoxy) is 1. The van der Waals surface area contributed by atoms with Gasteiger partial charge in [0.25, 0.3) is 5.56 Å². The van der Waals surface area contributed by atoms with Gasteiger partial charge in [0, 0.05) is 25.1 Å². The largest absolute Gasteiger partial charge is 0.495 e. The molecule has 1 N–H and O–H groups in total. The summed E-state index contributed by atoms with van der Waals surface area (Å²) in [4.78, 5) is 27.1. The molecule has 2 heterocycles. The van der Waals surface area contributed by atoms with Crippen LogP contribution < -0.4 is 20.5 Å². The molecular formula is C24H25FN4O3. The Morgan fingerprint density at radius 3 is 2.62 bits per heavy atom. The van der Waals surface area contributed by atoms with Gasteiger partial charge in [-0.05, 0) is 61.7 Å². The second kappa shape index (κ2) is 9.21. The van der Waals surface area contributed by atoms with Crippen molar-refractivity contribution >= 4 is 17.4 Å². The van der Waals surface area contributed by atoms with Gasteiger partial charge in [0.05, 0.1) is 18.5 Å². The molecule has 32 heavy (non-hydrogen) atoms. The normalized spacial score (nSPS) is 14.3. The summed E-state index contributed by atoms with van der Waals surface area (Å²) in [5, 5.41) is 7.41. The van der Waals surface area contributed by atoms with Crippen LogP contribution in [-0.2, 0) is 4.79 Å². The molecule has 4 rings (SSSR count). The first-order valence-corrected chi connectivity index (χ1v) is 10.5. The number of nitrogens with zero attached hydrogens (tertiary/aromatic N) is 3. The summed E-state index contributed by atoms with van der Waals surface area (Å²) in [6.07, 6.45) is 1.31. The molecule has 0 saturated carbocycles. The van der Waals surface area contributed by atoms with Crippen molar-refractivity contribution in [2.24, 2.45) is 5.92 Å². The number of benzene rings is 2. The third-order valence-corrected chi connectivity index (χ3v) is 5.64. The maximum absolute atomic E-state index is 13.6. The third-order valence-electron chi connectivity index (χ3n) is 5.64. The fraction of sp³-hybridized carbons (Fsp3) is 0.292. The molecule has 7 nitrogen and oxygen atoms in total. The number of amides is 1. The first-order valence-electron chi connectivity index (χ1n) is 10.5. The highest BCUT2D eigenvalue weighted by molar-refractivity contribution is 5.94. The van der Waals surface area contributed by atoms with Gasteiger partial charge in [-0.1, -0.05) is 12.1 Å². The van der Waals surface area contributed by atoms with E-state index in [0.29, 0.717) is 48.9 Å². The van der Waals surface area contributed by atoms with Gasteiger partial charge in [-0.2, -0.15) is 4.68 Å². The number of methoxy groups -OCH3 is 1. The number of carbonyl (C=O) groups excluding carboxylic acids is 1. The van der Waals surface area contributed by atoms with Gasteiger partial charge in [-0.3, -0.25) is 9.59 Å². The molecule has 0 bridgehead atoms. The Morgan fingerprint density at radius 1 is 1.12 bits per heavy atom. The van der Waals surface area contributed by atoms with E-state index in [-0.39, 0.29) is 17.4 Å². The average Bonchev–Trinajstić information content (AvgIpc) is 2.80. The van der Waals surface area contributed by atoms with Crippen molar-refractivity contribution in [2.75, 3.05) is 30.4 Å². The van der Waals surface area contributed by atoms with Crippen molar-refractivity contribution in [1.29, 1.82) is 0 Å². The van der Waals surface area contributed by atoms with E-state index < -0.39 is 5.82 Å². The van der Waals surface area contributed by atoms with E-state index in [2.05, 4.69) is 10.4 Å². The minimum atomic E-state index is -0.432. The quantitative estimate of drug-likeness (QED) is 0.662. The van der Waals surface area contributed by atoms with Gasteiger partial charge >= 0.3 is 0 Å². The minimum Gasteiger partial charge on any atom is -0.495 e. The van der Waals surface area contributed by atoms with Crippen molar-refractivity contribution in [3.63, 3.8) is 0 Å². The molecule has 2 aromatic carbocycles. The zero-order valence-electron chi connectivity index (χ0n) is 18.0. The lowest BCUT2D eigenvalue weighted by Gasteiger charge is -2.32. The van der Waals surface area contributed by atoms with Crippen molar-refractivity contribution < 1.29 is 13.9 Å². The zero-order valence-corrected chi connectivity index (χ0v) is 18.0. The lowest BCUT2D eigenvalue weighted by Crippen LogP contribution is -2.39. The molecule has 3 aromatic rings.